The number of nitrogens with two attached hydrogens (primary N) is 1. The fourth-order valence-electron chi connectivity index (χ4n) is 1.55. The fraction of sp³-hybridized carbons (Fsp3) is 0.909. The van der Waals surface area contributed by atoms with Crippen molar-refractivity contribution in [3.8, 4) is 0 Å². The van der Waals surface area contributed by atoms with Crippen LogP contribution in [0.4, 0.5) is 0 Å². The van der Waals surface area contributed by atoms with Gasteiger partial charge in [-0.1, -0.05) is 6.92 Å². The zero-order valence-corrected chi connectivity index (χ0v) is 10.3. The molecule has 0 aromatic carbocycles. The number of rotatable bonds is 5. The van der Waals surface area contributed by atoms with Gasteiger partial charge >= 0.3 is 0 Å². The highest BCUT2D eigenvalue weighted by molar-refractivity contribution is 5.76. The van der Waals surface area contributed by atoms with Crippen molar-refractivity contribution in [2.45, 2.75) is 51.5 Å². The largest absolute Gasteiger partial charge is 0.353 e. The molecule has 1 fully saturated rings. The number of hydrogen-bond acceptors (Lipinski definition) is 4. The third-order valence-corrected chi connectivity index (χ3v) is 2.57. The van der Waals surface area contributed by atoms with Crippen LogP contribution in [0.5, 0.6) is 0 Å². The summed E-state index contributed by atoms with van der Waals surface area (Å²) in [6.07, 6.45) is 1.12. The maximum atomic E-state index is 11.4. The second-order valence-corrected chi connectivity index (χ2v) is 4.63. The van der Waals surface area contributed by atoms with Crippen LogP contribution in [-0.4, -0.2) is 37.0 Å². The van der Waals surface area contributed by atoms with Crippen molar-refractivity contribution < 1.29 is 14.3 Å². The highest BCUT2D eigenvalue weighted by Gasteiger charge is 2.32. The molecule has 1 aliphatic heterocycles. The third-order valence-electron chi connectivity index (χ3n) is 2.57. The van der Waals surface area contributed by atoms with Crippen molar-refractivity contribution in [2.75, 3.05) is 13.2 Å². The standard InChI is InChI=1S/C11H22N2O3/c1-4-8(12)5-10(14)13-6-9-7-15-11(2,3)16-9/h8-9H,4-7,12H2,1-3H3,(H,13,14). The first kappa shape index (κ1) is 13.4. The van der Waals surface area contributed by atoms with Gasteiger partial charge in [0.1, 0.15) is 6.10 Å². The van der Waals surface area contributed by atoms with Crippen LogP contribution < -0.4 is 11.1 Å². The van der Waals surface area contributed by atoms with Gasteiger partial charge in [-0.05, 0) is 20.3 Å². The molecule has 1 heterocycles. The van der Waals surface area contributed by atoms with Crippen LogP contribution in [0.3, 0.4) is 0 Å². The predicted octanol–water partition coefficient (Wildman–Crippen LogP) is 0.382. The minimum absolute atomic E-state index is 0.0253. The summed E-state index contributed by atoms with van der Waals surface area (Å²) in [5.74, 6) is -0.558. The first-order valence-electron chi connectivity index (χ1n) is 5.77. The maximum Gasteiger partial charge on any atom is 0.221 e. The van der Waals surface area contributed by atoms with Crippen molar-refractivity contribution in [3.05, 3.63) is 0 Å². The Morgan fingerprint density at radius 2 is 2.31 bits per heavy atom. The van der Waals surface area contributed by atoms with Gasteiger partial charge in [0.05, 0.1) is 6.61 Å². The van der Waals surface area contributed by atoms with Gasteiger partial charge in [0.15, 0.2) is 5.79 Å². The topological polar surface area (TPSA) is 73.6 Å². The summed E-state index contributed by atoms with van der Waals surface area (Å²) in [5, 5.41) is 2.80. The average molecular weight is 230 g/mol. The number of carbonyl (C=O) groups excluding carboxylic acids is 1. The Morgan fingerprint density at radius 1 is 1.62 bits per heavy atom. The normalized spacial score (nSPS) is 25.4. The number of ether oxygens (including phenoxy) is 2. The molecule has 1 amide bonds. The van der Waals surface area contributed by atoms with Crippen molar-refractivity contribution >= 4 is 5.91 Å². The van der Waals surface area contributed by atoms with Gasteiger partial charge in [0.25, 0.3) is 0 Å². The van der Waals surface area contributed by atoms with Crippen LogP contribution in [0, 0.1) is 0 Å². The Morgan fingerprint density at radius 3 is 2.81 bits per heavy atom. The van der Waals surface area contributed by atoms with E-state index in [-0.39, 0.29) is 18.1 Å². The van der Waals surface area contributed by atoms with Crippen LogP contribution in [0.25, 0.3) is 0 Å². The minimum Gasteiger partial charge on any atom is -0.353 e. The number of amides is 1. The number of nitrogens with one attached hydrogen (secondary N) is 1. The molecule has 16 heavy (non-hydrogen) atoms. The summed E-state index contributed by atoms with van der Waals surface area (Å²) in [6.45, 7) is 6.70. The molecule has 2 unspecified atom stereocenters. The molecule has 0 aliphatic carbocycles. The molecule has 1 saturated heterocycles. The lowest BCUT2D eigenvalue weighted by Gasteiger charge is -2.17. The van der Waals surface area contributed by atoms with Gasteiger partial charge in [-0.15, -0.1) is 0 Å². The molecule has 0 aromatic heterocycles. The van der Waals surface area contributed by atoms with E-state index >= 15 is 0 Å². The number of hydrogen-bond donors (Lipinski definition) is 2. The summed E-state index contributed by atoms with van der Waals surface area (Å²) >= 11 is 0. The Balaban J connectivity index is 2.18. The monoisotopic (exact) mass is 230 g/mol. The molecule has 0 radical (unpaired) electrons. The molecule has 1 aliphatic rings. The van der Waals surface area contributed by atoms with E-state index in [1.807, 2.05) is 20.8 Å². The van der Waals surface area contributed by atoms with Gasteiger partial charge in [-0.2, -0.15) is 0 Å². The smallest absolute Gasteiger partial charge is 0.221 e. The lowest BCUT2D eigenvalue weighted by atomic mass is 10.1. The highest BCUT2D eigenvalue weighted by atomic mass is 16.7. The zero-order valence-electron chi connectivity index (χ0n) is 10.3. The van der Waals surface area contributed by atoms with Gasteiger partial charge in [-0.3, -0.25) is 4.79 Å². The van der Waals surface area contributed by atoms with E-state index in [1.54, 1.807) is 0 Å². The Kier molecular flexibility index (Phi) is 4.70. The quantitative estimate of drug-likeness (QED) is 0.716. The molecule has 2 atom stereocenters. The molecule has 94 valence electrons. The molecule has 1 rings (SSSR count). The van der Waals surface area contributed by atoms with Crippen LogP contribution in [0.2, 0.25) is 0 Å². The van der Waals surface area contributed by atoms with Gasteiger partial charge in [0.2, 0.25) is 5.91 Å². The Bertz CT molecular complexity index is 243. The second-order valence-electron chi connectivity index (χ2n) is 4.63. The van der Waals surface area contributed by atoms with Crippen LogP contribution >= 0.6 is 0 Å². The van der Waals surface area contributed by atoms with E-state index in [0.29, 0.717) is 19.6 Å². The van der Waals surface area contributed by atoms with Crippen molar-refractivity contribution in [1.82, 2.24) is 5.32 Å². The van der Waals surface area contributed by atoms with Gasteiger partial charge in [0, 0.05) is 19.0 Å². The molecule has 0 saturated carbocycles. The van der Waals surface area contributed by atoms with Gasteiger partial charge in [-0.25, -0.2) is 0 Å². The average Bonchev–Trinajstić information content (AvgIpc) is 2.55. The lowest BCUT2D eigenvalue weighted by Crippen LogP contribution is -2.37. The number of carbonyl (C=O) groups is 1. The zero-order chi connectivity index (χ0) is 12.2. The van der Waals surface area contributed by atoms with E-state index in [4.69, 9.17) is 15.2 Å². The van der Waals surface area contributed by atoms with E-state index < -0.39 is 5.79 Å². The van der Waals surface area contributed by atoms with Crippen molar-refractivity contribution in [1.29, 1.82) is 0 Å². The van der Waals surface area contributed by atoms with E-state index in [2.05, 4.69) is 5.32 Å². The Hall–Kier alpha value is -0.650. The van der Waals surface area contributed by atoms with Crippen LogP contribution in [0.1, 0.15) is 33.6 Å². The van der Waals surface area contributed by atoms with Crippen molar-refractivity contribution in [2.24, 2.45) is 5.73 Å². The summed E-state index contributed by atoms with van der Waals surface area (Å²) in [7, 11) is 0. The minimum atomic E-state index is -0.533. The molecule has 0 aromatic rings. The second kappa shape index (κ2) is 5.61. The molecule has 3 N–H and O–H groups in total. The van der Waals surface area contributed by atoms with Crippen LogP contribution in [-0.2, 0) is 14.3 Å². The SMILES string of the molecule is CCC(N)CC(=O)NCC1COC(C)(C)O1. The molecule has 5 nitrogen and oxygen atoms in total. The fourth-order valence-corrected chi connectivity index (χ4v) is 1.55. The van der Waals surface area contributed by atoms with Gasteiger partial charge < -0.3 is 20.5 Å². The molecule has 0 spiro atoms. The summed E-state index contributed by atoms with van der Waals surface area (Å²) in [5.41, 5.74) is 5.68. The third kappa shape index (κ3) is 4.47. The predicted molar refractivity (Wildman–Crippen MR) is 60.8 cm³/mol. The van der Waals surface area contributed by atoms with Crippen LogP contribution in [0.15, 0.2) is 0 Å². The maximum absolute atomic E-state index is 11.4. The van der Waals surface area contributed by atoms with E-state index in [9.17, 15) is 4.79 Å². The highest BCUT2D eigenvalue weighted by Crippen LogP contribution is 2.21. The summed E-state index contributed by atoms with van der Waals surface area (Å²) in [6, 6.07) is -0.0582. The first-order chi connectivity index (χ1) is 7.43. The Labute approximate surface area is 96.7 Å². The summed E-state index contributed by atoms with van der Waals surface area (Å²) < 4.78 is 11.0. The molecule has 5 heteroatoms. The van der Waals surface area contributed by atoms with Crippen molar-refractivity contribution in [3.63, 3.8) is 0 Å². The molecular weight excluding hydrogens is 208 g/mol. The summed E-state index contributed by atoms with van der Waals surface area (Å²) in [4.78, 5) is 11.4. The molecule has 0 bridgehead atoms. The lowest BCUT2D eigenvalue weighted by molar-refractivity contribution is -0.139. The van der Waals surface area contributed by atoms with E-state index in [0.717, 1.165) is 6.42 Å². The molecular formula is C11H22N2O3. The van der Waals surface area contributed by atoms with E-state index in [1.165, 1.54) is 0 Å². The first-order valence-corrected chi connectivity index (χ1v) is 5.77.